The van der Waals surface area contributed by atoms with Gasteiger partial charge in [0.2, 0.25) is 5.90 Å². The van der Waals surface area contributed by atoms with E-state index in [2.05, 4.69) is 90.2 Å². The van der Waals surface area contributed by atoms with Crippen molar-refractivity contribution in [1.29, 1.82) is 5.41 Å². The molecule has 2 aliphatic heterocycles. The number of alkyl halides is 3. The molecule has 2 aliphatic rings. The topological polar surface area (TPSA) is 212 Å². The van der Waals surface area contributed by atoms with Crippen LogP contribution in [0.2, 0.25) is 0 Å². The molecule has 5 aromatic rings. The molecule has 0 saturated heterocycles. The van der Waals surface area contributed by atoms with Crippen LogP contribution in [0.5, 0.6) is 0 Å². The summed E-state index contributed by atoms with van der Waals surface area (Å²) in [6.07, 6.45) is 0.235. The number of rotatable bonds is 5. The van der Waals surface area contributed by atoms with E-state index in [0.717, 1.165) is 40.7 Å². The maximum atomic E-state index is 13.4. The average molecular weight is 1700 g/mol. The van der Waals surface area contributed by atoms with Gasteiger partial charge in [0.15, 0.2) is 6.29 Å². The van der Waals surface area contributed by atoms with Crippen LogP contribution in [0, 0.1) is 34.5 Å². The standard InChI is InChI=1S/C13H14FNO3.C12H15BrFNO2.C12H14FNO2.C10H13BrFN.C6H5BrFN.C6H10Cl3NO.C4H10O.C2H3ClO2.BF3.B.Na.H/c1-13(2)6-8-4-10(14)5-9(7-16)11(8)15(13)12(17)18-3;1-12(2,3)15(11(16)17-4)10-6-5-8(14)7-9(10)13;1-12(2)7-8-6-9(13)4-5-10(8)14(12)11(15)16-3;1-10(2,3)13-9-5-4-7(12)6-8(9)11;7-5-3-4(8)1-2-6(5)9;1-5(2,3)11-4(10)6(7,8)9;1-3-5-4-2;1-5-2(3)4;2-1(3)4;;;/h4-5,7H,6H2,1-3H3;5-7H,1-4H3;4-6H,7H2,1-3H3;4-6,13H,1-3H3;1-3H,9H2;10H,1-3H3;3-4H2,1-2H3;1H3;;;;/q;;;;;;;;;;+1;-1. The summed E-state index contributed by atoms with van der Waals surface area (Å²) in [7, 11) is 1.49. The van der Waals surface area contributed by atoms with E-state index in [1.807, 2.05) is 62.3 Å². The van der Waals surface area contributed by atoms with Gasteiger partial charge in [-0.05, 0) is 261 Å². The first-order valence-electron chi connectivity index (χ1n) is 28.9. The summed E-state index contributed by atoms with van der Waals surface area (Å²) in [6.45, 7) is 30.3. The monoisotopic (exact) mass is 1700 g/mol. The van der Waals surface area contributed by atoms with Crippen LogP contribution in [-0.2, 0) is 41.3 Å². The molecule has 0 bridgehead atoms. The first-order valence-corrected chi connectivity index (χ1v) is 32.8. The Kier molecular flexibility index (Phi) is 47.6. The number of hydrogen-bond donors (Lipinski definition) is 3. The Balaban J connectivity index is -0.000000353. The maximum Gasteiger partial charge on any atom is 1.00 e. The number of benzene rings is 5. The quantitative estimate of drug-likeness (QED) is 0.0172. The van der Waals surface area contributed by atoms with Crippen LogP contribution < -0.4 is 55.3 Å². The third-order valence-corrected chi connectivity index (χ3v) is 14.5. The first kappa shape index (κ1) is 102. The zero-order chi connectivity index (χ0) is 76.8. The molecule has 4 N–H and O–H groups in total. The number of ether oxygens (including phenoxy) is 6. The zero-order valence-electron chi connectivity index (χ0n) is 60.2. The van der Waals surface area contributed by atoms with Crippen molar-refractivity contribution < 1.29 is 118 Å². The Morgan fingerprint density at radius 2 is 1.07 bits per heavy atom. The smallest absolute Gasteiger partial charge is 1.00 e. The molecule has 0 spiro atoms. The SMILES string of the molecule is CC(C)(C)Nc1ccc(F)cc1Br.CC(C)(C)OC(=N)C(Cl)(Cl)Cl.CCOCC.COC(=O)Cl.COC(=O)N(c1ccc(F)cc1Br)C(C)(C)C.COC(=O)N1c2c(C=O)cc(F)cc2CC1(C)C.COC(=O)N1c2ccc(F)cc2CC1(C)C.FB(F)F.Nc1ccc(F)cc1Br.[B].[H-].[Na+]. The summed E-state index contributed by atoms with van der Waals surface area (Å²) in [5.41, 5.74) is 7.59. The van der Waals surface area contributed by atoms with E-state index in [0.29, 0.717) is 50.7 Å². The number of anilines is 5. The van der Waals surface area contributed by atoms with E-state index in [4.69, 9.17) is 69.6 Å². The van der Waals surface area contributed by atoms with Gasteiger partial charge in [-0.3, -0.25) is 37.9 Å². The van der Waals surface area contributed by atoms with Crippen molar-refractivity contribution in [1.82, 2.24) is 0 Å². The van der Waals surface area contributed by atoms with Crippen molar-refractivity contribution in [2.24, 2.45) is 0 Å². The van der Waals surface area contributed by atoms with Gasteiger partial charge < -0.3 is 40.9 Å². The molecule has 0 unspecified atom stereocenters. The zero-order valence-corrected chi connectivity index (χ0v) is 69.0. The molecular formula is C65H85B2Br3Cl4F8N6NaO11. The fourth-order valence-corrected chi connectivity index (χ4v) is 9.67. The fourth-order valence-electron chi connectivity index (χ4n) is 8.23. The molecule has 2 heterocycles. The predicted octanol–water partition coefficient (Wildman–Crippen LogP) is 18.0. The molecule has 0 atom stereocenters. The third kappa shape index (κ3) is 38.7. The normalized spacial score (nSPS) is 12.4. The number of methoxy groups -OCH3 is 4. The Bertz CT molecular complexity index is 3420. The second-order valence-corrected chi connectivity index (χ2v) is 29.4. The molecule has 0 saturated carbocycles. The minimum atomic E-state index is -3.67. The van der Waals surface area contributed by atoms with Gasteiger partial charge in [-0.1, -0.05) is 34.8 Å². The summed E-state index contributed by atoms with van der Waals surface area (Å²) < 4.78 is 122. The number of fused-ring (bicyclic) bond motifs is 2. The van der Waals surface area contributed by atoms with Crippen LogP contribution in [0.25, 0.3) is 0 Å². The number of nitrogen functional groups attached to an aromatic ring is 1. The molecule has 0 aliphatic carbocycles. The molecule has 0 fully saturated rings. The molecule has 35 heteroatoms. The Hall–Kier alpha value is -4.75. The molecule has 3 radical (unpaired) electrons. The summed E-state index contributed by atoms with van der Waals surface area (Å²) in [6, 6.07) is 19.9. The van der Waals surface area contributed by atoms with Crippen LogP contribution in [0.4, 0.5) is 82.5 Å². The maximum absolute atomic E-state index is 13.4. The largest absolute Gasteiger partial charge is 1.00 e. The third-order valence-electron chi connectivity index (χ3n) is 11.8. The van der Waals surface area contributed by atoms with Crippen LogP contribution >= 0.6 is 94.2 Å². The van der Waals surface area contributed by atoms with Crippen molar-refractivity contribution in [3.8, 4) is 0 Å². The minimum Gasteiger partial charge on any atom is -1.00 e. The van der Waals surface area contributed by atoms with Crippen LogP contribution in [0.1, 0.15) is 127 Å². The van der Waals surface area contributed by atoms with Crippen molar-refractivity contribution in [3.05, 3.63) is 144 Å². The van der Waals surface area contributed by atoms with Crippen LogP contribution in [0.3, 0.4) is 0 Å². The first-order chi connectivity index (χ1) is 44.8. The predicted molar refractivity (Wildman–Crippen MR) is 393 cm³/mol. The van der Waals surface area contributed by atoms with E-state index >= 15 is 0 Å². The van der Waals surface area contributed by atoms with Crippen LogP contribution in [0.15, 0.2) is 98.3 Å². The van der Waals surface area contributed by atoms with E-state index < -0.39 is 57.5 Å². The minimum absolute atomic E-state index is 0. The molecule has 553 valence electrons. The number of nitrogens with zero attached hydrogens (tertiary/aromatic N) is 3. The van der Waals surface area contributed by atoms with Crippen molar-refractivity contribution in [3.63, 3.8) is 0 Å². The van der Waals surface area contributed by atoms with Gasteiger partial charge in [-0.25, -0.2) is 41.1 Å². The number of halogens is 15. The number of nitrogens with one attached hydrogen (secondary N) is 2. The second kappa shape index (κ2) is 46.9. The van der Waals surface area contributed by atoms with Crippen molar-refractivity contribution >= 4 is 174 Å². The van der Waals surface area contributed by atoms with Gasteiger partial charge >= 0.3 is 60.8 Å². The van der Waals surface area contributed by atoms with Crippen LogP contribution in [-0.4, -0.2) is 125 Å². The number of amides is 3. The fraction of sp³-hybridized carbons (Fsp3) is 0.446. The number of hydrogen-bond acceptors (Lipinski definition) is 14. The molecule has 7 rings (SSSR count). The van der Waals surface area contributed by atoms with Gasteiger partial charge in [0.05, 0.1) is 45.5 Å². The molecule has 3 amide bonds. The summed E-state index contributed by atoms with van der Waals surface area (Å²) in [5, 5.41) is 10.4. The van der Waals surface area contributed by atoms with Gasteiger partial charge in [0, 0.05) is 85.7 Å². The molecule has 5 aromatic carbocycles. The van der Waals surface area contributed by atoms with Crippen molar-refractivity contribution in [2.45, 2.75) is 148 Å². The Morgan fingerprint density at radius 1 is 0.660 bits per heavy atom. The number of carbonyl (C=O) groups excluding carboxylic acids is 5. The van der Waals surface area contributed by atoms with E-state index in [9.17, 15) is 58.9 Å². The van der Waals surface area contributed by atoms with E-state index in [1.54, 1.807) is 43.9 Å². The molecule has 0 aromatic heterocycles. The van der Waals surface area contributed by atoms with Crippen molar-refractivity contribution in [2.75, 3.05) is 67.4 Å². The summed E-state index contributed by atoms with van der Waals surface area (Å²) in [5.74, 6) is -1.98. The van der Waals surface area contributed by atoms with Gasteiger partial charge in [-0.15, -0.1) is 0 Å². The van der Waals surface area contributed by atoms with Gasteiger partial charge in [-0.2, -0.15) is 0 Å². The number of carbonyl (C=O) groups is 5. The van der Waals surface area contributed by atoms with E-state index in [-0.39, 0.29) is 85.2 Å². The van der Waals surface area contributed by atoms with E-state index in [1.165, 1.54) is 98.9 Å². The summed E-state index contributed by atoms with van der Waals surface area (Å²) >= 11 is 30.3. The number of aldehydes is 1. The molecule has 100 heavy (non-hydrogen) atoms. The van der Waals surface area contributed by atoms with Gasteiger partial charge in [0.1, 0.15) is 34.7 Å². The summed E-state index contributed by atoms with van der Waals surface area (Å²) in [4.78, 5) is 60.2. The Labute approximate surface area is 652 Å². The van der Waals surface area contributed by atoms with Gasteiger partial charge in [0.25, 0.3) is 3.79 Å². The molecule has 17 nitrogen and oxygen atoms in total. The average Bonchev–Trinajstić information content (AvgIpc) is 1.81. The Morgan fingerprint density at radius 3 is 1.43 bits per heavy atom. The number of nitrogens with two attached hydrogens (primary N) is 1. The second-order valence-electron chi connectivity index (χ2n) is 24.2. The molecular weight excluding hydrogens is 1620 g/mol.